The molecular weight excluding hydrogens is 569 g/mol. The van der Waals surface area contributed by atoms with Crippen LogP contribution in [0.15, 0.2) is 77.7 Å². The molecule has 214 valence electrons. The Kier molecular flexibility index (Phi) is 11.0. The van der Waals surface area contributed by atoms with Crippen molar-refractivity contribution in [1.29, 1.82) is 0 Å². The third-order valence-corrected chi connectivity index (χ3v) is 8.69. The first kappa shape index (κ1) is 31.5. The number of carbonyl (C=O) groups excluding carboxylic acids is 2. The molecule has 0 aliphatic heterocycles. The van der Waals surface area contributed by atoms with Gasteiger partial charge in [-0.3, -0.25) is 13.9 Å². The highest BCUT2D eigenvalue weighted by molar-refractivity contribution is 7.92. The van der Waals surface area contributed by atoms with Crippen molar-refractivity contribution in [3.63, 3.8) is 0 Å². The van der Waals surface area contributed by atoms with Gasteiger partial charge < -0.3 is 10.2 Å². The number of nitrogens with zero attached hydrogens (tertiary/aromatic N) is 2. The van der Waals surface area contributed by atoms with Gasteiger partial charge in [-0.15, -0.1) is 0 Å². The predicted octanol–water partition coefficient (Wildman–Crippen LogP) is 5.87. The molecule has 0 aliphatic carbocycles. The number of amides is 2. The van der Waals surface area contributed by atoms with Crippen LogP contribution in [0, 0.1) is 6.92 Å². The van der Waals surface area contributed by atoms with Gasteiger partial charge in [0, 0.05) is 17.6 Å². The van der Waals surface area contributed by atoms with E-state index < -0.39 is 28.5 Å². The van der Waals surface area contributed by atoms with Crippen molar-refractivity contribution in [2.75, 3.05) is 17.4 Å². The van der Waals surface area contributed by atoms with Gasteiger partial charge in [-0.05, 0) is 69.5 Å². The molecule has 3 aromatic carbocycles. The summed E-state index contributed by atoms with van der Waals surface area (Å²) in [6, 6.07) is 19.5. The molecule has 0 bridgehead atoms. The monoisotopic (exact) mass is 603 g/mol. The summed E-state index contributed by atoms with van der Waals surface area (Å²) in [6.07, 6.45) is 0.836. The smallest absolute Gasteiger partial charge is 0.264 e. The van der Waals surface area contributed by atoms with Crippen LogP contribution in [0.5, 0.6) is 0 Å². The molecule has 1 unspecified atom stereocenters. The minimum atomic E-state index is -4.24. The average Bonchev–Trinajstić information content (AvgIpc) is 2.91. The summed E-state index contributed by atoms with van der Waals surface area (Å²) in [5.74, 6) is -0.832. The SMILES string of the molecule is CCC(C(=O)NC(C)C)N(CCc1ccccc1)C(=O)CN(c1cc(Cl)ccc1Cl)S(=O)(=O)c1ccc(C)cc1. The van der Waals surface area contributed by atoms with Crippen molar-refractivity contribution >= 4 is 50.7 Å². The molecule has 10 heteroatoms. The third kappa shape index (κ3) is 7.99. The summed E-state index contributed by atoms with van der Waals surface area (Å²) in [7, 11) is -4.24. The van der Waals surface area contributed by atoms with E-state index in [-0.39, 0.29) is 39.1 Å². The van der Waals surface area contributed by atoms with Crippen molar-refractivity contribution in [2.45, 2.75) is 57.5 Å². The minimum Gasteiger partial charge on any atom is -0.352 e. The molecule has 7 nitrogen and oxygen atoms in total. The lowest BCUT2D eigenvalue weighted by Gasteiger charge is -2.33. The molecule has 0 fully saturated rings. The van der Waals surface area contributed by atoms with Gasteiger partial charge in [-0.25, -0.2) is 8.42 Å². The molecule has 1 N–H and O–H groups in total. The van der Waals surface area contributed by atoms with Gasteiger partial charge in [0.25, 0.3) is 10.0 Å². The third-order valence-electron chi connectivity index (χ3n) is 6.37. The van der Waals surface area contributed by atoms with E-state index in [0.717, 1.165) is 15.4 Å². The summed E-state index contributed by atoms with van der Waals surface area (Å²) >= 11 is 12.7. The Morgan fingerprint density at radius 3 is 2.20 bits per heavy atom. The fourth-order valence-corrected chi connectivity index (χ4v) is 6.17. The van der Waals surface area contributed by atoms with E-state index in [1.54, 1.807) is 18.2 Å². The van der Waals surface area contributed by atoms with Crippen molar-refractivity contribution < 1.29 is 18.0 Å². The second-order valence-corrected chi connectivity index (χ2v) is 12.5. The van der Waals surface area contributed by atoms with Crippen LogP contribution in [-0.4, -0.2) is 50.3 Å². The topological polar surface area (TPSA) is 86.8 Å². The van der Waals surface area contributed by atoms with Crippen molar-refractivity contribution in [3.8, 4) is 0 Å². The van der Waals surface area contributed by atoms with Crippen LogP contribution >= 0.6 is 23.2 Å². The van der Waals surface area contributed by atoms with E-state index in [1.165, 1.54) is 29.2 Å². The van der Waals surface area contributed by atoms with E-state index in [1.807, 2.05) is 58.0 Å². The van der Waals surface area contributed by atoms with E-state index in [0.29, 0.717) is 12.8 Å². The van der Waals surface area contributed by atoms with Crippen LogP contribution in [0.2, 0.25) is 10.0 Å². The maximum atomic E-state index is 14.0. The molecule has 0 saturated carbocycles. The molecule has 0 heterocycles. The van der Waals surface area contributed by atoms with E-state index in [4.69, 9.17) is 23.2 Å². The maximum absolute atomic E-state index is 14.0. The molecule has 0 saturated heterocycles. The second-order valence-electron chi connectivity index (χ2n) is 9.83. The van der Waals surface area contributed by atoms with Crippen molar-refractivity contribution in [1.82, 2.24) is 10.2 Å². The van der Waals surface area contributed by atoms with Crippen LogP contribution < -0.4 is 9.62 Å². The zero-order valence-electron chi connectivity index (χ0n) is 23.1. The summed E-state index contributed by atoms with van der Waals surface area (Å²) < 4.78 is 28.8. The molecular formula is C30H35Cl2N3O4S. The summed E-state index contributed by atoms with van der Waals surface area (Å²) in [6.45, 7) is 7.01. The number of hydrogen-bond acceptors (Lipinski definition) is 4. The molecule has 1 atom stereocenters. The van der Waals surface area contributed by atoms with Gasteiger partial charge in [0.2, 0.25) is 11.8 Å². The summed E-state index contributed by atoms with van der Waals surface area (Å²) in [5, 5.41) is 3.27. The van der Waals surface area contributed by atoms with Gasteiger partial charge >= 0.3 is 0 Å². The van der Waals surface area contributed by atoms with E-state index in [2.05, 4.69) is 5.32 Å². The highest BCUT2D eigenvalue weighted by Crippen LogP contribution is 2.33. The van der Waals surface area contributed by atoms with Gasteiger partial charge in [0.15, 0.2) is 0 Å². The number of sulfonamides is 1. The second kappa shape index (κ2) is 14.0. The first-order valence-corrected chi connectivity index (χ1v) is 15.3. The Morgan fingerprint density at radius 2 is 1.60 bits per heavy atom. The predicted molar refractivity (Wildman–Crippen MR) is 161 cm³/mol. The van der Waals surface area contributed by atoms with Crippen molar-refractivity contribution in [2.24, 2.45) is 0 Å². The normalized spacial score (nSPS) is 12.2. The van der Waals surface area contributed by atoms with Gasteiger partial charge in [0.1, 0.15) is 12.6 Å². The van der Waals surface area contributed by atoms with Gasteiger partial charge in [-0.1, -0.05) is 78.2 Å². The van der Waals surface area contributed by atoms with E-state index in [9.17, 15) is 18.0 Å². The lowest BCUT2D eigenvalue weighted by atomic mass is 10.1. The first-order chi connectivity index (χ1) is 18.9. The molecule has 0 aromatic heterocycles. The Balaban J connectivity index is 2.05. The zero-order chi connectivity index (χ0) is 29.4. The van der Waals surface area contributed by atoms with Gasteiger partial charge in [0.05, 0.1) is 15.6 Å². The molecule has 2 amide bonds. The van der Waals surface area contributed by atoms with Gasteiger partial charge in [-0.2, -0.15) is 0 Å². The molecule has 3 aromatic rings. The van der Waals surface area contributed by atoms with E-state index >= 15 is 0 Å². The molecule has 0 aliphatic rings. The first-order valence-electron chi connectivity index (χ1n) is 13.1. The minimum absolute atomic E-state index is 0.00219. The van der Waals surface area contributed by atoms with Crippen LogP contribution in [-0.2, 0) is 26.0 Å². The van der Waals surface area contributed by atoms with Crippen LogP contribution in [0.1, 0.15) is 38.3 Å². The maximum Gasteiger partial charge on any atom is 0.264 e. The molecule has 3 rings (SSSR count). The average molecular weight is 605 g/mol. The fraction of sp³-hybridized carbons (Fsp3) is 0.333. The number of hydrogen-bond donors (Lipinski definition) is 1. The summed E-state index contributed by atoms with van der Waals surface area (Å²) in [4.78, 5) is 28.7. The molecule has 0 spiro atoms. The lowest BCUT2D eigenvalue weighted by Crippen LogP contribution is -2.54. The molecule has 0 radical (unpaired) electrons. The number of rotatable bonds is 12. The largest absolute Gasteiger partial charge is 0.352 e. The van der Waals surface area contributed by atoms with Crippen LogP contribution in [0.4, 0.5) is 5.69 Å². The fourth-order valence-electron chi connectivity index (χ4n) is 4.30. The Hall–Kier alpha value is -3.07. The number of carbonyl (C=O) groups is 2. The Labute approximate surface area is 247 Å². The Morgan fingerprint density at radius 1 is 0.950 bits per heavy atom. The summed E-state index contributed by atoms with van der Waals surface area (Å²) in [5.41, 5.74) is 1.95. The standard InChI is InChI=1S/C30H35Cl2N3O4S/c1-5-27(30(37)33-21(2)3)34(18-17-23-9-7-6-8-10-23)29(36)20-35(28-19-24(31)13-16-26(28)32)40(38,39)25-14-11-22(4)12-15-25/h6-16,19,21,27H,5,17-18,20H2,1-4H3,(H,33,37). The lowest BCUT2D eigenvalue weighted by molar-refractivity contribution is -0.139. The number of aryl methyl sites for hydroxylation is 1. The van der Waals surface area contributed by atoms with Crippen LogP contribution in [0.25, 0.3) is 0 Å². The Bertz CT molecular complexity index is 1410. The number of nitrogens with one attached hydrogen (secondary N) is 1. The molecule has 40 heavy (non-hydrogen) atoms. The number of halogens is 2. The van der Waals surface area contributed by atoms with Crippen molar-refractivity contribution in [3.05, 3.63) is 94.0 Å². The van der Waals surface area contributed by atoms with Crippen LogP contribution in [0.3, 0.4) is 0 Å². The quantitative estimate of drug-likeness (QED) is 0.280. The zero-order valence-corrected chi connectivity index (χ0v) is 25.4. The number of benzene rings is 3. The number of anilines is 1. The highest BCUT2D eigenvalue weighted by atomic mass is 35.5. The highest BCUT2D eigenvalue weighted by Gasteiger charge is 2.34.